The summed E-state index contributed by atoms with van der Waals surface area (Å²) < 4.78 is 12.9. The molecule has 202 valence electrons. The standard InChI is InChI=1S/C30H27N5O4S/c1-19-11-13-22(14-12-19)35-28(25-10-7-15-39-25)33-34-30(35)40-18-27(36)31-24-16-20(2)23(17-26(24)38-3)32-29(37)21-8-5-4-6-9-21/h4-17H,18H2,1-3H3,(H,31,36)(H,32,37). The van der Waals surface area contributed by atoms with Crippen LogP contribution in [0.15, 0.2) is 94.7 Å². The number of carbonyl (C=O) groups is 2. The summed E-state index contributed by atoms with van der Waals surface area (Å²) in [5, 5.41) is 15.0. The first-order valence-electron chi connectivity index (χ1n) is 12.5. The van der Waals surface area contributed by atoms with Gasteiger partial charge in [0.25, 0.3) is 5.91 Å². The second-order valence-corrected chi connectivity index (χ2v) is 9.92. The number of anilines is 2. The molecule has 0 saturated heterocycles. The van der Waals surface area contributed by atoms with Crippen LogP contribution in [0.3, 0.4) is 0 Å². The van der Waals surface area contributed by atoms with Crippen molar-refractivity contribution in [2.75, 3.05) is 23.5 Å². The first-order valence-corrected chi connectivity index (χ1v) is 13.5. The summed E-state index contributed by atoms with van der Waals surface area (Å²) in [5.74, 6) is 1.14. The van der Waals surface area contributed by atoms with Crippen LogP contribution in [-0.2, 0) is 4.79 Å². The number of furan rings is 1. The van der Waals surface area contributed by atoms with Crippen molar-refractivity contribution in [1.82, 2.24) is 14.8 Å². The van der Waals surface area contributed by atoms with Gasteiger partial charge < -0.3 is 19.8 Å². The average Bonchev–Trinajstić information content (AvgIpc) is 3.64. The number of aryl methyl sites for hydroxylation is 2. The lowest BCUT2D eigenvalue weighted by Gasteiger charge is -2.15. The molecule has 5 aromatic rings. The number of ether oxygens (including phenoxy) is 1. The van der Waals surface area contributed by atoms with Crippen molar-refractivity contribution in [2.45, 2.75) is 19.0 Å². The molecule has 0 atom stereocenters. The Labute approximate surface area is 235 Å². The number of thioether (sulfide) groups is 1. The molecule has 0 fully saturated rings. The van der Waals surface area contributed by atoms with Crippen LogP contribution in [0.2, 0.25) is 0 Å². The molecule has 0 radical (unpaired) electrons. The van der Waals surface area contributed by atoms with Crippen LogP contribution in [-0.4, -0.2) is 39.4 Å². The van der Waals surface area contributed by atoms with E-state index in [1.165, 1.54) is 18.9 Å². The topological polar surface area (TPSA) is 111 Å². The zero-order valence-electron chi connectivity index (χ0n) is 22.2. The van der Waals surface area contributed by atoms with Gasteiger partial charge in [-0.25, -0.2) is 0 Å². The SMILES string of the molecule is COc1cc(NC(=O)c2ccccc2)c(C)cc1NC(=O)CSc1nnc(-c2ccco2)n1-c1ccc(C)cc1. The molecule has 5 rings (SSSR count). The molecule has 40 heavy (non-hydrogen) atoms. The molecule has 2 aromatic heterocycles. The maximum atomic E-state index is 13.0. The number of hydrogen-bond donors (Lipinski definition) is 2. The fraction of sp³-hybridized carbons (Fsp3) is 0.133. The van der Waals surface area contributed by atoms with E-state index in [9.17, 15) is 9.59 Å². The second-order valence-electron chi connectivity index (χ2n) is 8.98. The highest BCUT2D eigenvalue weighted by molar-refractivity contribution is 7.99. The van der Waals surface area contributed by atoms with Crippen LogP contribution in [0, 0.1) is 13.8 Å². The summed E-state index contributed by atoms with van der Waals surface area (Å²) in [6.07, 6.45) is 1.58. The van der Waals surface area contributed by atoms with Gasteiger partial charge in [-0.2, -0.15) is 0 Å². The van der Waals surface area contributed by atoms with Crippen LogP contribution in [0.25, 0.3) is 17.3 Å². The summed E-state index contributed by atoms with van der Waals surface area (Å²) in [6, 6.07) is 24.0. The van der Waals surface area contributed by atoms with E-state index >= 15 is 0 Å². The van der Waals surface area contributed by atoms with E-state index < -0.39 is 0 Å². The summed E-state index contributed by atoms with van der Waals surface area (Å²) in [6.45, 7) is 3.87. The number of hydrogen-bond acceptors (Lipinski definition) is 7. The van der Waals surface area contributed by atoms with E-state index in [0.29, 0.717) is 39.4 Å². The minimum Gasteiger partial charge on any atom is -0.494 e. The molecule has 0 aliphatic heterocycles. The zero-order valence-corrected chi connectivity index (χ0v) is 23.0. The number of nitrogens with zero attached hydrogens (tertiary/aromatic N) is 3. The molecule has 0 aliphatic carbocycles. The zero-order chi connectivity index (χ0) is 28.1. The minimum absolute atomic E-state index is 0.0802. The highest BCUT2D eigenvalue weighted by Crippen LogP contribution is 2.33. The molecule has 0 bridgehead atoms. The fourth-order valence-electron chi connectivity index (χ4n) is 4.05. The fourth-order valence-corrected chi connectivity index (χ4v) is 4.80. The highest BCUT2D eigenvalue weighted by Gasteiger charge is 2.20. The van der Waals surface area contributed by atoms with Gasteiger partial charge in [0.2, 0.25) is 11.7 Å². The summed E-state index contributed by atoms with van der Waals surface area (Å²) >= 11 is 1.26. The predicted molar refractivity (Wildman–Crippen MR) is 155 cm³/mol. The van der Waals surface area contributed by atoms with Crippen molar-refractivity contribution in [3.63, 3.8) is 0 Å². The maximum Gasteiger partial charge on any atom is 0.255 e. The van der Waals surface area contributed by atoms with Crippen LogP contribution in [0.1, 0.15) is 21.5 Å². The van der Waals surface area contributed by atoms with Gasteiger partial charge in [0.15, 0.2) is 10.9 Å². The summed E-state index contributed by atoms with van der Waals surface area (Å²) in [7, 11) is 1.51. The summed E-state index contributed by atoms with van der Waals surface area (Å²) in [4.78, 5) is 25.6. The Kier molecular flexibility index (Phi) is 7.97. The van der Waals surface area contributed by atoms with Crippen molar-refractivity contribution in [2.24, 2.45) is 0 Å². The van der Waals surface area contributed by atoms with E-state index in [1.54, 1.807) is 48.7 Å². The lowest BCUT2D eigenvalue weighted by Crippen LogP contribution is -2.16. The third-order valence-electron chi connectivity index (χ3n) is 6.10. The Balaban J connectivity index is 1.31. The van der Waals surface area contributed by atoms with Gasteiger partial charge in [0.05, 0.1) is 24.8 Å². The normalized spacial score (nSPS) is 10.8. The van der Waals surface area contributed by atoms with Crippen LogP contribution >= 0.6 is 11.8 Å². The Bertz CT molecular complexity index is 1630. The molecule has 0 spiro atoms. The molecule has 2 amide bonds. The van der Waals surface area contributed by atoms with Gasteiger partial charge >= 0.3 is 0 Å². The number of amides is 2. The first kappa shape index (κ1) is 26.8. The van der Waals surface area contributed by atoms with Crippen LogP contribution < -0.4 is 15.4 Å². The Morgan fingerprint density at radius 2 is 1.70 bits per heavy atom. The number of rotatable bonds is 9. The van der Waals surface area contributed by atoms with E-state index in [-0.39, 0.29) is 17.6 Å². The number of carbonyl (C=O) groups excluding carboxylic acids is 2. The van der Waals surface area contributed by atoms with Crippen molar-refractivity contribution >= 4 is 35.0 Å². The monoisotopic (exact) mass is 553 g/mol. The smallest absolute Gasteiger partial charge is 0.255 e. The van der Waals surface area contributed by atoms with Gasteiger partial charge in [-0.05, 0) is 61.9 Å². The van der Waals surface area contributed by atoms with E-state index in [0.717, 1.165) is 16.8 Å². The molecule has 2 N–H and O–H groups in total. The van der Waals surface area contributed by atoms with Crippen molar-refractivity contribution in [3.05, 3.63) is 102 Å². The van der Waals surface area contributed by atoms with Gasteiger partial charge in [0.1, 0.15) is 5.75 Å². The van der Waals surface area contributed by atoms with Gasteiger partial charge in [-0.1, -0.05) is 47.7 Å². The third kappa shape index (κ3) is 5.92. The van der Waals surface area contributed by atoms with E-state index in [1.807, 2.05) is 54.8 Å². The molecular weight excluding hydrogens is 526 g/mol. The van der Waals surface area contributed by atoms with Crippen LogP contribution in [0.5, 0.6) is 5.75 Å². The van der Waals surface area contributed by atoms with Gasteiger partial charge in [-0.3, -0.25) is 14.2 Å². The number of nitrogens with one attached hydrogen (secondary N) is 2. The predicted octanol–water partition coefficient (Wildman–Crippen LogP) is 6.14. The van der Waals surface area contributed by atoms with Crippen molar-refractivity contribution in [1.29, 1.82) is 0 Å². The molecular formula is C30H27N5O4S. The van der Waals surface area contributed by atoms with Crippen LogP contribution in [0.4, 0.5) is 11.4 Å². The minimum atomic E-state index is -0.248. The second kappa shape index (κ2) is 11.9. The lowest BCUT2D eigenvalue weighted by molar-refractivity contribution is -0.113. The highest BCUT2D eigenvalue weighted by atomic mass is 32.2. The molecule has 2 heterocycles. The maximum absolute atomic E-state index is 13.0. The number of methoxy groups -OCH3 is 1. The Morgan fingerprint density at radius 1 is 0.925 bits per heavy atom. The lowest BCUT2D eigenvalue weighted by atomic mass is 10.1. The number of benzene rings is 3. The van der Waals surface area contributed by atoms with E-state index in [2.05, 4.69) is 20.8 Å². The molecule has 9 nitrogen and oxygen atoms in total. The average molecular weight is 554 g/mol. The molecule has 0 saturated carbocycles. The Hall–Kier alpha value is -4.83. The van der Waals surface area contributed by atoms with Gasteiger partial charge in [-0.15, -0.1) is 10.2 Å². The van der Waals surface area contributed by atoms with Crippen molar-refractivity contribution < 1.29 is 18.7 Å². The van der Waals surface area contributed by atoms with Crippen molar-refractivity contribution in [3.8, 4) is 23.0 Å². The largest absolute Gasteiger partial charge is 0.494 e. The molecule has 3 aromatic carbocycles. The Morgan fingerprint density at radius 3 is 2.40 bits per heavy atom. The van der Waals surface area contributed by atoms with E-state index in [4.69, 9.17) is 9.15 Å². The molecule has 0 unspecified atom stereocenters. The number of aromatic nitrogens is 3. The molecule has 10 heteroatoms. The molecule has 0 aliphatic rings. The summed E-state index contributed by atoms with van der Waals surface area (Å²) in [5.41, 5.74) is 4.39. The third-order valence-corrected chi connectivity index (χ3v) is 7.03. The van der Waals surface area contributed by atoms with Gasteiger partial charge in [0, 0.05) is 23.0 Å². The quantitative estimate of drug-likeness (QED) is 0.211. The first-order chi connectivity index (χ1) is 19.4.